The van der Waals surface area contributed by atoms with Gasteiger partial charge in [-0.1, -0.05) is 209 Å². The summed E-state index contributed by atoms with van der Waals surface area (Å²) in [7, 11) is -6.96. The maximum Gasteiger partial charge on any atom is 0.268 e. The third-order valence-corrected chi connectivity index (χ3v) is 19.7. The summed E-state index contributed by atoms with van der Waals surface area (Å²) in [6.07, 6.45) is -1.69. The highest BCUT2D eigenvalue weighted by Crippen LogP contribution is 2.39. The van der Waals surface area contributed by atoms with Crippen molar-refractivity contribution in [3.05, 3.63) is 235 Å². The Balaban J connectivity index is 1.10. The Bertz CT molecular complexity index is 2930. The van der Waals surface area contributed by atoms with E-state index in [0.717, 1.165) is 38.0 Å². The van der Waals surface area contributed by atoms with Crippen LogP contribution in [0.1, 0.15) is 43.0 Å². The molecule has 5 atom stereocenters. The van der Waals surface area contributed by atoms with Crippen molar-refractivity contribution in [3.8, 4) is 0 Å². The highest BCUT2D eigenvalue weighted by molar-refractivity contribution is 7.90. The number of fused-ring (bicyclic) bond motifs is 1. The van der Waals surface area contributed by atoms with Crippen LogP contribution in [0, 0.1) is 0 Å². The zero-order chi connectivity index (χ0) is 48.4. The maximum absolute atomic E-state index is 14.1. The number of ether oxygens (including phenoxy) is 5. The van der Waals surface area contributed by atoms with Crippen molar-refractivity contribution in [1.29, 1.82) is 0 Å². The number of hydrogen-bond donors (Lipinski definition) is 0. The Hall–Kier alpha value is -5.99. The smallest absolute Gasteiger partial charge is 0.268 e. The zero-order valence-corrected chi connectivity index (χ0v) is 41.8. The molecule has 8 aromatic rings. The van der Waals surface area contributed by atoms with E-state index in [1.165, 1.54) is 3.97 Å². The fourth-order valence-corrected chi connectivity index (χ4v) is 15.6. The second kappa shape index (κ2) is 22.4. The van der Waals surface area contributed by atoms with Crippen molar-refractivity contribution in [1.82, 2.24) is 3.97 Å². The monoisotopic (exact) mass is 971 g/mol. The number of rotatable bonds is 20. The topological polar surface area (TPSA) is 94.5 Å². The molecule has 1 aromatic heterocycles. The van der Waals surface area contributed by atoms with Gasteiger partial charge in [-0.15, -0.1) is 0 Å². The first kappa shape index (κ1) is 49.0. The Labute approximate surface area is 413 Å². The zero-order valence-electron chi connectivity index (χ0n) is 40.0. The van der Waals surface area contributed by atoms with E-state index in [-0.39, 0.29) is 36.4 Å². The molecule has 7 aromatic carbocycles. The van der Waals surface area contributed by atoms with E-state index in [4.69, 9.17) is 28.1 Å². The van der Waals surface area contributed by atoms with Crippen LogP contribution < -0.4 is 10.4 Å². The van der Waals surface area contributed by atoms with Gasteiger partial charge in [0.05, 0.1) is 43.4 Å². The Morgan fingerprint density at radius 1 is 0.529 bits per heavy atom. The lowest BCUT2D eigenvalue weighted by Gasteiger charge is -2.48. The molecule has 0 N–H and O–H groups in total. The molecule has 0 bridgehead atoms. The van der Waals surface area contributed by atoms with Crippen LogP contribution in [0.5, 0.6) is 0 Å². The standard InChI is InChI=1S/C59H61NO8SSi/c1-59(2,3)70(50-32-18-8-19-33-50,51-34-20-9-21-35-51)67-44-54-55(64-41-45-24-10-4-11-25-45)56(65-42-46-26-12-5-13-27-46)57(66-43-47-28-14-6-15-29-47)58(68-54)63-39-38-48-40-60(53-37-23-22-36-52(48)53)69(61,62)49-30-16-7-17-31-49/h4-37,40,54-58H,38-39,41-44H2,1-3H3/t54-,55-,56+,57-,58+/m1/s1. The molecule has 0 saturated carbocycles. The lowest BCUT2D eigenvalue weighted by atomic mass is 9.97. The molecular formula is C59H61NO8SSi. The van der Waals surface area contributed by atoms with E-state index >= 15 is 0 Å². The Morgan fingerprint density at radius 2 is 0.971 bits per heavy atom. The molecule has 0 spiro atoms. The summed E-state index contributed by atoms with van der Waals surface area (Å²) in [5.41, 5.74) is 4.39. The molecule has 9 rings (SSSR count). The largest absolute Gasteiger partial charge is 0.405 e. The van der Waals surface area contributed by atoms with Gasteiger partial charge in [0.2, 0.25) is 0 Å². The summed E-state index contributed by atoms with van der Waals surface area (Å²) in [5.74, 6) is 0. The molecule has 70 heavy (non-hydrogen) atoms. The van der Waals surface area contributed by atoms with Gasteiger partial charge in [0, 0.05) is 11.6 Å². The van der Waals surface area contributed by atoms with Gasteiger partial charge in [-0.2, -0.15) is 0 Å². The van der Waals surface area contributed by atoms with Gasteiger partial charge in [0.25, 0.3) is 18.3 Å². The summed E-state index contributed by atoms with van der Waals surface area (Å²) in [6.45, 7) is 7.97. The minimum Gasteiger partial charge on any atom is -0.405 e. The van der Waals surface area contributed by atoms with E-state index in [1.54, 1.807) is 36.5 Å². The summed E-state index contributed by atoms with van der Waals surface area (Å²) in [5, 5.41) is 2.81. The molecule has 0 aliphatic carbocycles. The van der Waals surface area contributed by atoms with Gasteiger partial charge in [-0.05, 0) is 62.3 Å². The predicted octanol–water partition coefficient (Wildman–Crippen LogP) is 10.5. The molecule has 11 heteroatoms. The molecule has 0 radical (unpaired) electrons. The number of hydrogen-bond acceptors (Lipinski definition) is 8. The van der Waals surface area contributed by atoms with Gasteiger partial charge >= 0.3 is 0 Å². The summed E-state index contributed by atoms with van der Waals surface area (Å²) in [6, 6.07) is 67.4. The first-order valence-corrected chi connectivity index (χ1v) is 27.3. The maximum atomic E-state index is 14.1. The molecular weight excluding hydrogens is 911 g/mol. The quantitative estimate of drug-likeness (QED) is 0.0697. The van der Waals surface area contributed by atoms with Crippen LogP contribution in [-0.4, -0.2) is 64.6 Å². The van der Waals surface area contributed by atoms with Crippen molar-refractivity contribution in [2.45, 2.75) is 87.7 Å². The highest BCUT2D eigenvalue weighted by Gasteiger charge is 2.54. The Morgan fingerprint density at radius 3 is 1.49 bits per heavy atom. The summed E-state index contributed by atoms with van der Waals surface area (Å²) >= 11 is 0. The van der Waals surface area contributed by atoms with E-state index in [9.17, 15) is 8.42 Å². The van der Waals surface area contributed by atoms with E-state index < -0.39 is 49.0 Å². The molecule has 0 amide bonds. The predicted molar refractivity (Wildman–Crippen MR) is 278 cm³/mol. The van der Waals surface area contributed by atoms with Crippen molar-refractivity contribution in [2.24, 2.45) is 0 Å². The molecule has 9 nitrogen and oxygen atoms in total. The van der Waals surface area contributed by atoms with E-state index in [2.05, 4.69) is 81.4 Å². The normalized spacial score (nSPS) is 18.8. The second-order valence-corrected chi connectivity index (χ2v) is 24.8. The molecule has 1 aliphatic rings. The van der Waals surface area contributed by atoms with Crippen LogP contribution in [0.25, 0.3) is 10.9 Å². The fourth-order valence-electron chi connectivity index (χ4n) is 9.59. The minimum absolute atomic E-state index is 0.161. The van der Waals surface area contributed by atoms with Gasteiger partial charge in [-0.25, -0.2) is 12.4 Å². The van der Waals surface area contributed by atoms with Crippen LogP contribution in [0.3, 0.4) is 0 Å². The van der Waals surface area contributed by atoms with E-state index in [0.29, 0.717) is 18.5 Å². The molecule has 2 heterocycles. The van der Waals surface area contributed by atoms with Crippen LogP contribution in [-0.2, 0) is 64.4 Å². The third kappa shape index (κ3) is 11.0. The summed E-state index contributed by atoms with van der Waals surface area (Å²) < 4.78 is 72.4. The molecule has 0 unspecified atom stereocenters. The molecule has 1 aliphatic heterocycles. The van der Waals surface area contributed by atoms with Crippen LogP contribution in [0.15, 0.2) is 217 Å². The molecule has 1 saturated heterocycles. The van der Waals surface area contributed by atoms with Crippen molar-refractivity contribution in [3.63, 3.8) is 0 Å². The first-order valence-electron chi connectivity index (χ1n) is 24.0. The van der Waals surface area contributed by atoms with Gasteiger partial charge in [0.15, 0.2) is 6.29 Å². The minimum atomic E-state index is -3.89. The SMILES string of the molecule is CC(C)(C)[Si](OC[C@H]1O[C@H](OCCc2cn(S(=O)(=O)c3ccccc3)c3ccccc23)[C@H](OCc2ccccc2)[C@@H](OCc2ccccc2)[C@@H]1OCc1ccccc1)(c1ccccc1)c1ccccc1. The van der Waals surface area contributed by atoms with Crippen LogP contribution >= 0.6 is 0 Å². The van der Waals surface area contributed by atoms with Crippen molar-refractivity contribution in [2.75, 3.05) is 13.2 Å². The third-order valence-electron chi connectivity index (χ3n) is 13.0. The van der Waals surface area contributed by atoms with Gasteiger partial charge in [-0.3, -0.25) is 0 Å². The number of nitrogens with zero attached hydrogens (tertiary/aromatic N) is 1. The number of para-hydroxylation sites is 1. The molecule has 1 fully saturated rings. The average molecular weight is 972 g/mol. The van der Waals surface area contributed by atoms with Gasteiger partial charge < -0.3 is 28.1 Å². The summed E-state index contributed by atoms with van der Waals surface area (Å²) in [4.78, 5) is 0.212. The second-order valence-electron chi connectivity index (χ2n) is 18.7. The van der Waals surface area contributed by atoms with Crippen molar-refractivity contribution >= 4 is 39.6 Å². The first-order chi connectivity index (χ1) is 34.1. The van der Waals surface area contributed by atoms with Crippen LogP contribution in [0.4, 0.5) is 0 Å². The highest BCUT2D eigenvalue weighted by atomic mass is 32.2. The number of benzene rings is 7. The van der Waals surface area contributed by atoms with E-state index in [1.807, 2.05) is 115 Å². The van der Waals surface area contributed by atoms with Crippen LogP contribution in [0.2, 0.25) is 5.04 Å². The van der Waals surface area contributed by atoms with Gasteiger partial charge in [0.1, 0.15) is 24.4 Å². The lowest BCUT2D eigenvalue weighted by Crippen LogP contribution is -2.68. The Kier molecular flexibility index (Phi) is 15.7. The average Bonchev–Trinajstić information content (AvgIpc) is 3.78. The number of aromatic nitrogens is 1. The molecule has 360 valence electrons. The fraction of sp³-hybridized carbons (Fsp3) is 0.254. The lowest BCUT2D eigenvalue weighted by molar-refractivity contribution is -0.325. The van der Waals surface area contributed by atoms with Crippen molar-refractivity contribution < 1.29 is 36.5 Å².